The summed E-state index contributed by atoms with van der Waals surface area (Å²) < 4.78 is 1.23. The van der Waals surface area contributed by atoms with E-state index in [-0.39, 0.29) is 0 Å². The second-order valence-corrected chi connectivity index (χ2v) is 5.86. The average molecular weight is 232 g/mol. The molecule has 0 bridgehead atoms. The largest absolute Gasteiger partial charge is 0.399 e. The highest BCUT2D eigenvalue weighted by molar-refractivity contribution is 7.18. The monoisotopic (exact) mass is 232 g/mol. The van der Waals surface area contributed by atoms with Gasteiger partial charge in [0.1, 0.15) is 0 Å². The molecule has 0 radical (unpaired) electrons. The van der Waals surface area contributed by atoms with Crippen LogP contribution in [0.3, 0.4) is 0 Å². The lowest BCUT2D eigenvalue weighted by Gasteiger charge is -2.10. The first-order valence-corrected chi connectivity index (χ1v) is 6.71. The minimum absolute atomic E-state index is 0.679. The lowest BCUT2D eigenvalue weighted by molar-refractivity contribution is 0.532. The number of nitrogen functional groups attached to an aromatic ring is 1. The quantitative estimate of drug-likeness (QED) is 0.760. The molecule has 2 atom stereocenters. The molecule has 1 aromatic carbocycles. The van der Waals surface area contributed by atoms with Crippen molar-refractivity contribution in [2.24, 2.45) is 5.92 Å². The Morgan fingerprint density at radius 2 is 2.25 bits per heavy atom. The third-order valence-electron chi connectivity index (χ3n) is 3.61. The van der Waals surface area contributed by atoms with Gasteiger partial charge in [0.15, 0.2) is 0 Å². The van der Waals surface area contributed by atoms with Crippen LogP contribution in [0.2, 0.25) is 0 Å². The smallest absolute Gasteiger partial charge is 0.0972 e. The molecule has 0 saturated heterocycles. The first kappa shape index (κ1) is 10.1. The van der Waals surface area contributed by atoms with Gasteiger partial charge in [-0.3, -0.25) is 0 Å². The minimum Gasteiger partial charge on any atom is -0.399 e. The zero-order valence-corrected chi connectivity index (χ0v) is 10.3. The van der Waals surface area contributed by atoms with Crippen molar-refractivity contribution in [2.75, 3.05) is 5.73 Å². The Labute approximate surface area is 99.5 Å². The third-order valence-corrected chi connectivity index (χ3v) is 4.76. The van der Waals surface area contributed by atoms with Crippen LogP contribution < -0.4 is 5.73 Å². The average Bonchev–Trinajstić information content (AvgIpc) is 2.82. The second-order valence-electron chi connectivity index (χ2n) is 4.79. The van der Waals surface area contributed by atoms with Crippen LogP contribution in [0.15, 0.2) is 18.2 Å². The maximum absolute atomic E-state index is 5.79. The van der Waals surface area contributed by atoms with Gasteiger partial charge in [-0.2, -0.15) is 0 Å². The normalized spacial score (nSPS) is 25.3. The van der Waals surface area contributed by atoms with Gasteiger partial charge in [0.2, 0.25) is 0 Å². The molecule has 2 aromatic rings. The highest BCUT2D eigenvalue weighted by Crippen LogP contribution is 2.42. The van der Waals surface area contributed by atoms with Crippen molar-refractivity contribution in [3.8, 4) is 0 Å². The highest BCUT2D eigenvalue weighted by Gasteiger charge is 2.27. The van der Waals surface area contributed by atoms with Crippen LogP contribution in [0.1, 0.15) is 37.1 Å². The second kappa shape index (κ2) is 3.74. The van der Waals surface area contributed by atoms with E-state index in [1.165, 1.54) is 29.0 Å². The molecule has 1 aliphatic carbocycles. The van der Waals surface area contributed by atoms with Gasteiger partial charge in [-0.25, -0.2) is 4.98 Å². The van der Waals surface area contributed by atoms with E-state index >= 15 is 0 Å². The Morgan fingerprint density at radius 1 is 1.38 bits per heavy atom. The first-order valence-electron chi connectivity index (χ1n) is 5.90. The summed E-state index contributed by atoms with van der Waals surface area (Å²) >= 11 is 1.82. The van der Waals surface area contributed by atoms with Crippen molar-refractivity contribution < 1.29 is 0 Å². The summed E-state index contributed by atoms with van der Waals surface area (Å²) in [6.07, 6.45) is 4.00. The maximum atomic E-state index is 5.79. The number of hydrogen-bond donors (Lipinski definition) is 1. The SMILES string of the molecule is CC1CCCC1c1nc2ccc(N)cc2s1. The topological polar surface area (TPSA) is 38.9 Å². The molecule has 0 amide bonds. The highest BCUT2D eigenvalue weighted by atomic mass is 32.1. The van der Waals surface area contributed by atoms with E-state index in [0.29, 0.717) is 5.92 Å². The number of benzene rings is 1. The summed E-state index contributed by atoms with van der Waals surface area (Å²) in [7, 11) is 0. The van der Waals surface area contributed by atoms with Gasteiger partial charge in [-0.1, -0.05) is 19.8 Å². The van der Waals surface area contributed by atoms with Crippen LogP contribution in [0.4, 0.5) is 5.69 Å². The Kier molecular flexibility index (Phi) is 2.36. The molecular weight excluding hydrogens is 216 g/mol. The van der Waals surface area contributed by atoms with Crippen molar-refractivity contribution in [1.29, 1.82) is 0 Å². The molecule has 1 saturated carbocycles. The third kappa shape index (κ3) is 1.59. The van der Waals surface area contributed by atoms with Gasteiger partial charge >= 0.3 is 0 Å². The van der Waals surface area contributed by atoms with E-state index in [9.17, 15) is 0 Å². The van der Waals surface area contributed by atoms with E-state index in [2.05, 4.69) is 6.92 Å². The Balaban J connectivity index is 2.04. The van der Waals surface area contributed by atoms with E-state index in [4.69, 9.17) is 10.7 Å². The van der Waals surface area contributed by atoms with Crippen molar-refractivity contribution >= 4 is 27.2 Å². The van der Waals surface area contributed by atoms with Gasteiger partial charge in [-0.15, -0.1) is 11.3 Å². The van der Waals surface area contributed by atoms with Gasteiger partial charge in [0, 0.05) is 11.6 Å². The van der Waals surface area contributed by atoms with Crippen LogP contribution in [-0.4, -0.2) is 4.98 Å². The van der Waals surface area contributed by atoms with E-state index in [1.807, 2.05) is 29.5 Å². The van der Waals surface area contributed by atoms with Gasteiger partial charge in [-0.05, 0) is 30.5 Å². The van der Waals surface area contributed by atoms with Gasteiger partial charge in [0.05, 0.1) is 15.2 Å². The molecule has 2 unspecified atom stereocenters. The number of nitrogens with two attached hydrogens (primary N) is 1. The summed E-state index contributed by atoms with van der Waals surface area (Å²) in [5.41, 5.74) is 7.73. The van der Waals surface area contributed by atoms with E-state index in [0.717, 1.165) is 17.1 Å². The maximum Gasteiger partial charge on any atom is 0.0972 e. The lowest BCUT2D eigenvalue weighted by atomic mass is 9.99. The molecular formula is C13H16N2S. The molecule has 16 heavy (non-hydrogen) atoms. The number of fused-ring (bicyclic) bond motifs is 1. The van der Waals surface area contributed by atoms with Gasteiger partial charge in [0.25, 0.3) is 0 Å². The van der Waals surface area contributed by atoms with Crippen LogP contribution in [0.25, 0.3) is 10.2 Å². The molecule has 1 aliphatic rings. The van der Waals surface area contributed by atoms with Crippen molar-refractivity contribution in [1.82, 2.24) is 4.98 Å². The molecule has 84 valence electrons. The van der Waals surface area contributed by atoms with Gasteiger partial charge < -0.3 is 5.73 Å². The number of hydrogen-bond acceptors (Lipinski definition) is 3. The molecule has 1 heterocycles. The summed E-state index contributed by atoms with van der Waals surface area (Å²) in [6.45, 7) is 2.35. The van der Waals surface area contributed by atoms with Crippen LogP contribution >= 0.6 is 11.3 Å². The number of rotatable bonds is 1. The Morgan fingerprint density at radius 3 is 3.00 bits per heavy atom. The fraction of sp³-hybridized carbons (Fsp3) is 0.462. The van der Waals surface area contributed by atoms with Crippen LogP contribution in [0, 0.1) is 5.92 Å². The fourth-order valence-corrected chi connectivity index (χ4v) is 3.91. The molecule has 1 aromatic heterocycles. The molecule has 2 nitrogen and oxygen atoms in total. The van der Waals surface area contributed by atoms with E-state index in [1.54, 1.807) is 0 Å². The van der Waals surface area contributed by atoms with Crippen molar-refractivity contribution in [3.05, 3.63) is 23.2 Å². The van der Waals surface area contributed by atoms with E-state index < -0.39 is 0 Å². The number of thiazole rings is 1. The summed E-state index contributed by atoms with van der Waals surface area (Å²) in [5, 5.41) is 1.31. The van der Waals surface area contributed by atoms with Crippen molar-refractivity contribution in [3.63, 3.8) is 0 Å². The molecule has 3 heteroatoms. The Bertz CT molecular complexity index is 518. The molecule has 2 N–H and O–H groups in total. The predicted molar refractivity (Wildman–Crippen MR) is 69.8 cm³/mol. The zero-order valence-electron chi connectivity index (χ0n) is 9.44. The Hall–Kier alpha value is -1.09. The first-order chi connectivity index (χ1) is 7.74. The molecule has 1 fully saturated rings. The van der Waals surface area contributed by atoms with Crippen LogP contribution in [-0.2, 0) is 0 Å². The standard InChI is InChI=1S/C13H16N2S/c1-8-3-2-4-10(8)13-15-11-6-5-9(14)7-12(11)16-13/h5-8,10H,2-4,14H2,1H3. The summed E-state index contributed by atoms with van der Waals surface area (Å²) in [4.78, 5) is 4.75. The fourth-order valence-electron chi connectivity index (χ4n) is 2.63. The van der Waals surface area contributed by atoms with Crippen molar-refractivity contribution in [2.45, 2.75) is 32.1 Å². The molecule has 0 aliphatic heterocycles. The van der Waals surface area contributed by atoms with Crippen LogP contribution in [0.5, 0.6) is 0 Å². The lowest BCUT2D eigenvalue weighted by Crippen LogP contribution is -2.00. The summed E-state index contributed by atoms with van der Waals surface area (Å²) in [6, 6.07) is 6.00. The predicted octanol–water partition coefficient (Wildman–Crippen LogP) is 3.78. The molecule has 0 spiro atoms. The number of anilines is 1. The number of nitrogens with zero attached hydrogens (tertiary/aromatic N) is 1. The number of aromatic nitrogens is 1. The minimum atomic E-state index is 0.679. The molecule has 3 rings (SSSR count). The summed E-state index contributed by atoms with van der Waals surface area (Å²) in [5.74, 6) is 1.47. The zero-order chi connectivity index (χ0) is 11.1.